The number of rotatable bonds is 4. The fourth-order valence-electron chi connectivity index (χ4n) is 2.11. The summed E-state index contributed by atoms with van der Waals surface area (Å²) in [6.45, 7) is 7.12. The van der Waals surface area contributed by atoms with Crippen LogP contribution >= 0.6 is 0 Å². The molecule has 126 valence electrons. The Morgan fingerprint density at radius 1 is 1.04 bits per heavy atom. The number of benzene rings is 2. The number of hydrazone groups is 1. The van der Waals surface area contributed by atoms with Crippen LogP contribution < -0.4 is 15.9 Å². The molecule has 3 N–H and O–H groups in total. The van der Waals surface area contributed by atoms with Gasteiger partial charge >= 0.3 is 0 Å². The van der Waals surface area contributed by atoms with Gasteiger partial charge in [0.1, 0.15) is 12.4 Å². The fraction of sp³-hybridized carbons (Fsp3) is 0.263. The molecule has 0 fully saturated rings. The summed E-state index contributed by atoms with van der Waals surface area (Å²) in [5.74, 6) is 1.18. The van der Waals surface area contributed by atoms with Crippen LogP contribution in [0.3, 0.4) is 0 Å². The molecule has 0 unspecified atom stereocenters. The van der Waals surface area contributed by atoms with Gasteiger partial charge in [-0.1, -0.05) is 43.7 Å². The van der Waals surface area contributed by atoms with Crippen molar-refractivity contribution in [1.29, 1.82) is 0 Å². The fourth-order valence-corrected chi connectivity index (χ4v) is 2.11. The molecule has 5 nitrogen and oxygen atoms in total. The molecule has 5 heteroatoms. The van der Waals surface area contributed by atoms with Crippen molar-refractivity contribution in [1.82, 2.24) is 5.43 Å². The summed E-state index contributed by atoms with van der Waals surface area (Å²) in [5, 5.41) is 4.18. The lowest BCUT2D eigenvalue weighted by molar-refractivity contribution is 0.306. The Kier molecular flexibility index (Phi) is 6.37. The third-order valence-corrected chi connectivity index (χ3v) is 3.42. The van der Waals surface area contributed by atoms with Gasteiger partial charge in [-0.15, -0.1) is 0 Å². The molecule has 0 saturated heterocycles. The summed E-state index contributed by atoms with van der Waals surface area (Å²) >= 11 is 0. The normalized spacial score (nSPS) is 13.0. The zero-order valence-corrected chi connectivity index (χ0v) is 14.4. The molecule has 1 aliphatic rings. The van der Waals surface area contributed by atoms with Crippen LogP contribution in [0.25, 0.3) is 0 Å². The van der Waals surface area contributed by atoms with Crippen molar-refractivity contribution in [3.05, 3.63) is 65.2 Å². The molecule has 3 rings (SSSR count). The molecule has 0 aromatic heterocycles. The smallest absolute Gasteiger partial charge is 0.209 e. The van der Waals surface area contributed by atoms with E-state index in [1.807, 2.05) is 38.1 Å². The number of nitrogens with two attached hydrogens (primary N) is 1. The van der Waals surface area contributed by atoms with Gasteiger partial charge in [0.2, 0.25) is 5.96 Å². The van der Waals surface area contributed by atoms with Gasteiger partial charge in [-0.3, -0.25) is 0 Å². The van der Waals surface area contributed by atoms with Crippen LogP contribution in [0.1, 0.15) is 30.5 Å². The van der Waals surface area contributed by atoms with Gasteiger partial charge in [-0.05, 0) is 42.3 Å². The molecule has 0 amide bonds. The van der Waals surface area contributed by atoms with E-state index in [1.165, 1.54) is 5.56 Å². The minimum atomic E-state index is 0.349. The summed E-state index contributed by atoms with van der Waals surface area (Å²) in [6.07, 6.45) is 0. The van der Waals surface area contributed by atoms with Crippen LogP contribution in [-0.4, -0.2) is 18.2 Å². The Morgan fingerprint density at radius 3 is 2.29 bits per heavy atom. The zero-order chi connectivity index (χ0) is 17.4. The molecule has 0 saturated carbocycles. The lowest BCUT2D eigenvalue weighted by atomic mass is 10.1. The highest BCUT2D eigenvalue weighted by molar-refractivity contribution is 6.04. The molecule has 0 spiro atoms. The number of ether oxygens (including phenoxy) is 1. The Morgan fingerprint density at radius 2 is 1.71 bits per heavy atom. The van der Waals surface area contributed by atoms with E-state index in [0.29, 0.717) is 19.1 Å². The highest BCUT2D eigenvalue weighted by atomic mass is 16.5. The number of nitrogens with zero attached hydrogens (tertiary/aromatic N) is 2. The molecule has 0 atom stereocenters. The second-order valence-corrected chi connectivity index (χ2v) is 5.17. The van der Waals surface area contributed by atoms with Gasteiger partial charge in [0.05, 0.1) is 12.3 Å². The first-order chi connectivity index (χ1) is 11.7. The number of aryl methyl sites for hydroxylation is 1. The Hall–Kier alpha value is -2.82. The lowest BCUT2D eigenvalue weighted by Gasteiger charge is -2.12. The summed E-state index contributed by atoms with van der Waals surface area (Å²) in [6, 6.07) is 16.2. The first-order valence-electron chi connectivity index (χ1n) is 8.12. The maximum absolute atomic E-state index is 5.79. The van der Waals surface area contributed by atoms with Crippen molar-refractivity contribution in [2.24, 2.45) is 15.8 Å². The van der Waals surface area contributed by atoms with Crippen molar-refractivity contribution < 1.29 is 4.74 Å². The summed E-state index contributed by atoms with van der Waals surface area (Å²) in [7, 11) is 0. The molecule has 2 aromatic rings. The zero-order valence-electron chi connectivity index (χ0n) is 14.4. The SMILES string of the molecule is CC.Cc1ccc(COc2ccc(C3=NNC(N)=NC3)cc2)cc1. The minimum Gasteiger partial charge on any atom is -0.489 e. The van der Waals surface area contributed by atoms with E-state index in [0.717, 1.165) is 22.6 Å². The molecular formula is C19H24N4O. The van der Waals surface area contributed by atoms with Crippen LogP contribution in [0, 0.1) is 6.92 Å². The van der Waals surface area contributed by atoms with E-state index in [9.17, 15) is 0 Å². The number of hydrogen-bond donors (Lipinski definition) is 2. The van der Waals surface area contributed by atoms with Crippen molar-refractivity contribution in [2.75, 3.05) is 6.54 Å². The van der Waals surface area contributed by atoms with Gasteiger partial charge in [0, 0.05) is 0 Å². The quantitative estimate of drug-likeness (QED) is 0.907. The van der Waals surface area contributed by atoms with Gasteiger partial charge < -0.3 is 10.5 Å². The van der Waals surface area contributed by atoms with E-state index in [1.54, 1.807) is 0 Å². The average molecular weight is 324 g/mol. The van der Waals surface area contributed by atoms with Crippen LogP contribution in [0.5, 0.6) is 5.75 Å². The first-order valence-corrected chi connectivity index (χ1v) is 8.12. The van der Waals surface area contributed by atoms with Crippen molar-refractivity contribution >= 4 is 11.7 Å². The molecule has 24 heavy (non-hydrogen) atoms. The third kappa shape index (κ3) is 4.84. The van der Waals surface area contributed by atoms with Crippen LogP contribution in [-0.2, 0) is 6.61 Å². The molecular weight excluding hydrogens is 300 g/mol. The largest absolute Gasteiger partial charge is 0.489 e. The van der Waals surface area contributed by atoms with Gasteiger partial charge in [0.25, 0.3) is 0 Å². The van der Waals surface area contributed by atoms with Gasteiger partial charge in [-0.2, -0.15) is 5.10 Å². The summed E-state index contributed by atoms with van der Waals surface area (Å²) in [5.41, 5.74) is 12.5. The predicted octanol–water partition coefficient (Wildman–Crippen LogP) is 3.22. The second-order valence-electron chi connectivity index (χ2n) is 5.17. The van der Waals surface area contributed by atoms with E-state index in [4.69, 9.17) is 10.5 Å². The van der Waals surface area contributed by atoms with E-state index < -0.39 is 0 Å². The molecule has 0 radical (unpaired) electrons. The lowest BCUT2D eigenvalue weighted by Crippen LogP contribution is -2.33. The number of nitrogens with one attached hydrogen (secondary N) is 1. The highest BCUT2D eigenvalue weighted by Gasteiger charge is 2.08. The molecule has 0 bridgehead atoms. The van der Waals surface area contributed by atoms with E-state index in [-0.39, 0.29) is 0 Å². The maximum atomic E-state index is 5.79. The molecule has 2 aromatic carbocycles. The summed E-state index contributed by atoms with van der Waals surface area (Å²) < 4.78 is 5.79. The Bertz CT molecular complexity index is 703. The Balaban J connectivity index is 0.00000100. The van der Waals surface area contributed by atoms with E-state index in [2.05, 4.69) is 46.7 Å². The van der Waals surface area contributed by atoms with Crippen molar-refractivity contribution in [3.63, 3.8) is 0 Å². The monoisotopic (exact) mass is 324 g/mol. The van der Waals surface area contributed by atoms with Gasteiger partial charge in [-0.25, -0.2) is 10.4 Å². The number of aliphatic imine (C=N–C) groups is 1. The molecule has 1 aliphatic heterocycles. The standard InChI is InChI=1S/C17H18N4O.C2H6/c1-12-2-4-13(5-3-12)11-22-15-8-6-14(7-9-15)16-10-19-17(18)21-20-16;1-2/h2-9H,10-11H2,1H3,(H3,18,19,21);1-2H3. The van der Waals surface area contributed by atoms with Crippen molar-refractivity contribution in [2.45, 2.75) is 27.4 Å². The number of guanidine groups is 1. The minimum absolute atomic E-state index is 0.349. The second kappa shape index (κ2) is 8.72. The van der Waals surface area contributed by atoms with Crippen LogP contribution in [0.15, 0.2) is 58.6 Å². The maximum Gasteiger partial charge on any atom is 0.209 e. The topological polar surface area (TPSA) is 72.0 Å². The van der Waals surface area contributed by atoms with Crippen LogP contribution in [0.2, 0.25) is 0 Å². The molecule has 0 aliphatic carbocycles. The van der Waals surface area contributed by atoms with Crippen molar-refractivity contribution in [3.8, 4) is 5.75 Å². The predicted molar refractivity (Wildman–Crippen MR) is 99.5 cm³/mol. The number of hydrogen-bond acceptors (Lipinski definition) is 5. The average Bonchev–Trinajstić information content (AvgIpc) is 2.64. The van der Waals surface area contributed by atoms with Gasteiger partial charge in [0.15, 0.2) is 0 Å². The highest BCUT2D eigenvalue weighted by Crippen LogP contribution is 2.15. The molecule has 1 heterocycles. The van der Waals surface area contributed by atoms with E-state index >= 15 is 0 Å². The first kappa shape index (κ1) is 17.5. The Labute approximate surface area is 143 Å². The third-order valence-electron chi connectivity index (χ3n) is 3.42. The van der Waals surface area contributed by atoms with Crippen LogP contribution in [0.4, 0.5) is 0 Å². The summed E-state index contributed by atoms with van der Waals surface area (Å²) in [4.78, 5) is 4.11.